The Labute approximate surface area is 346 Å². The van der Waals surface area contributed by atoms with Crippen molar-refractivity contribution in [3.8, 4) is 0 Å². The van der Waals surface area contributed by atoms with Gasteiger partial charge in [-0.1, -0.05) is 130 Å². The number of quaternary nitrogens is 1. The molecule has 0 aromatic heterocycles. The summed E-state index contributed by atoms with van der Waals surface area (Å²) in [6.45, 7) is 3.93. The van der Waals surface area contributed by atoms with Crippen molar-refractivity contribution in [1.29, 1.82) is 0 Å². The number of phosphoric ester groups is 1. The average Bonchev–Trinajstić information content (AvgIpc) is 3.16. The molecule has 0 radical (unpaired) electrons. The lowest BCUT2D eigenvalue weighted by Crippen LogP contribution is -2.37. The molecule has 57 heavy (non-hydrogen) atoms. The van der Waals surface area contributed by atoms with Gasteiger partial charge in [0, 0.05) is 12.8 Å². The molecule has 0 aromatic rings. The molecule has 324 valence electrons. The Balaban J connectivity index is 4.57. The third-order valence-electron chi connectivity index (χ3n) is 8.18. The van der Waals surface area contributed by atoms with Crippen molar-refractivity contribution in [2.45, 2.75) is 135 Å². The Bertz CT molecular complexity index is 1310. The van der Waals surface area contributed by atoms with Gasteiger partial charge in [0.2, 0.25) is 0 Å². The van der Waals surface area contributed by atoms with Crippen LogP contribution in [0.2, 0.25) is 0 Å². The lowest BCUT2D eigenvalue weighted by molar-refractivity contribution is -0.870. The van der Waals surface area contributed by atoms with E-state index in [0.29, 0.717) is 36.7 Å². The van der Waals surface area contributed by atoms with E-state index in [2.05, 4.69) is 55.5 Å². The van der Waals surface area contributed by atoms with Gasteiger partial charge in [-0.3, -0.25) is 18.6 Å². The van der Waals surface area contributed by atoms with Crippen LogP contribution in [0.25, 0.3) is 0 Å². The van der Waals surface area contributed by atoms with E-state index >= 15 is 0 Å². The molecule has 0 aliphatic rings. The number of aliphatic hydroxyl groups excluding tert-OH is 1. The molecule has 0 saturated heterocycles. The van der Waals surface area contributed by atoms with Crippen molar-refractivity contribution in [3.63, 3.8) is 0 Å². The number of unbranched alkanes of at least 4 members (excludes halogenated alkanes) is 6. The van der Waals surface area contributed by atoms with E-state index in [1.54, 1.807) is 0 Å². The third-order valence-corrected chi connectivity index (χ3v) is 9.17. The minimum atomic E-state index is -4.41. The number of carbonyl (C=O) groups is 2. The van der Waals surface area contributed by atoms with E-state index in [-0.39, 0.29) is 26.1 Å². The van der Waals surface area contributed by atoms with Crippen LogP contribution in [0.5, 0.6) is 0 Å². The fourth-order valence-electron chi connectivity index (χ4n) is 4.91. The third kappa shape index (κ3) is 40.9. The fraction of sp³-hybridized carbons (Fsp3) is 0.609. The number of phosphoric acid groups is 1. The number of hydrogen-bond donors (Lipinski definition) is 2. The van der Waals surface area contributed by atoms with Gasteiger partial charge in [-0.05, 0) is 77.0 Å². The van der Waals surface area contributed by atoms with Crippen molar-refractivity contribution >= 4 is 19.8 Å². The Hall–Kier alpha value is -3.11. The van der Waals surface area contributed by atoms with Gasteiger partial charge in [-0.2, -0.15) is 0 Å². The molecular weight excluding hydrogens is 741 g/mol. The number of ether oxygens (including phenoxy) is 2. The van der Waals surface area contributed by atoms with Crippen LogP contribution in [0.3, 0.4) is 0 Å². The molecule has 0 aliphatic carbocycles. The molecule has 10 nitrogen and oxygen atoms in total. The predicted molar refractivity (Wildman–Crippen MR) is 234 cm³/mol. The first kappa shape index (κ1) is 53.9. The average molecular weight is 819 g/mol. The molecule has 0 bridgehead atoms. The Kier molecular flexibility index (Phi) is 35.2. The maximum absolute atomic E-state index is 12.7. The Morgan fingerprint density at radius 3 is 1.82 bits per heavy atom. The van der Waals surface area contributed by atoms with Crippen LogP contribution in [0.4, 0.5) is 0 Å². The molecule has 0 rings (SSSR count). The summed E-state index contributed by atoms with van der Waals surface area (Å²) >= 11 is 0. The van der Waals surface area contributed by atoms with Gasteiger partial charge in [0.15, 0.2) is 6.10 Å². The highest BCUT2D eigenvalue weighted by Gasteiger charge is 2.27. The maximum Gasteiger partial charge on any atom is 0.472 e. The van der Waals surface area contributed by atoms with Crippen molar-refractivity contribution < 1.29 is 47.2 Å². The standard InChI is InChI=1S/C46H76NO9P/c1-6-8-10-11-12-13-14-15-16-17-21-24-27-30-33-37-45(49)53-41-44(42-55-57(51,52)54-40-39-47(3,4)5)56-46(50)38-34-31-28-25-22-19-18-20-23-26-29-32-36-43(48)35-9-7-2/h8-10,12-13,15-16,18-19,23,25-26,28-29,32,35,43-44,48H,6-7,11,14,17,20-22,24,27,30-31,33-34,36-42H2,1-5H3/p+1/b10-8-,13-12-,16-15-,19-18-,26-23-,28-25-,32-29+,35-9-/t43?,44-/m1/s1. The summed E-state index contributed by atoms with van der Waals surface area (Å²) in [5.41, 5.74) is 0. The second-order valence-corrected chi connectivity index (χ2v) is 16.3. The number of esters is 2. The van der Waals surface area contributed by atoms with E-state index in [1.165, 1.54) is 0 Å². The zero-order valence-electron chi connectivity index (χ0n) is 35.9. The highest BCUT2D eigenvalue weighted by Crippen LogP contribution is 2.43. The van der Waals surface area contributed by atoms with Crippen molar-refractivity contribution in [3.05, 3.63) is 97.2 Å². The SMILES string of the molecule is CC/C=C\C/C=C\C/C=C\CCCCCCCC(=O)OC[C@H](COP(=O)(O)OCC[N+](C)(C)C)OC(=O)CCC/C=C\C/C=C\C/C=C\C=C\CC(O)/C=C\CC. The zero-order valence-corrected chi connectivity index (χ0v) is 36.8. The highest BCUT2D eigenvalue weighted by molar-refractivity contribution is 7.47. The van der Waals surface area contributed by atoms with Gasteiger partial charge < -0.3 is 24.0 Å². The molecule has 0 aliphatic heterocycles. The fourth-order valence-corrected chi connectivity index (χ4v) is 5.65. The monoisotopic (exact) mass is 819 g/mol. The van der Waals surface area contributed by atoms with Crippen LogP contribution in [0, 0.1) is 0 Å². The Morgan fingerprint density at radius 2 is 1.18 bits per heavy atom. The smallest absolute Gasteiger partial charge is 0.462 e. The van der Waals surface area contributed by atoms with Crippen molar-refractivity contribution in [1.82, 2.24) is 0 Å². The molecule has 0 spiro atoms. The van der Waals surface area contributed by atoms with E-state index < -0.39 is 38.6 Å². The topological polar surface area (TPSA) is 129 Å². The molecule has 0 fully saturated rings. The summed E-state index contributed by atoms with van der Waals surface area (Å²) in [5, 5.41) is 9.77. The summed E-state index contributed by atoms with van der Waals surface area (Å²) < 4.78 is 34.1. The molecule has 0 heterocycles. The number of allylic oxidation sites excluding steroid dienone is 14. The number of carbonyl (C=O) groups excluding carboxylic acids is 2. The van der Waals surface area contributed by atoms with Crippen LogP contribution in [0.15, 0.2) is 97.2 Å². The van der Waals surface area contributed by atoms with Crippen LogP contribution in [0.1, 0.15) is 123 Å². The number of aliphatic hydroxyl groups is 1. The predicted octanol–water partition coefficient (Wildman–Crippen LogP) is 10.8. The van der Waals surface area contributed by atoms with Crippen LogP contribution < -0.4 is 0 Å². The number of rotatable bonds is 36. The van der Waals surface area contributed by atoms with Gasteiger partial charge >= 0.3 is 19.8 Å². The van der Waals surface area contributed by atoms with Crippen molar-refractivity contribution in [2.75, 3.05) is 47.5 Å². The van der Waals surface area contributed by atoms with E-state index in [9.17, 15) is 24.2 Å². The summed E-state index contributed by atoms with van der Waals surface area (Å²) in [5.74, 6) is -0.923. The Morgan fingerprint density at radius 1 is 0.632 bits per heavy atom. The van der Waals surface area contributed by atoms with E-state index in [4.69, 9.17) is 18.5 Å². The summed E-state index contributed by atoms with van der Waals surface area (Å²) in [4.78, 5) is 35.3. The largest absolute Gasteiger partial charge is 0.472 e. The van der Waals surface area contributed by atoms with E-state index in [1.807, 2.05) is 76.7 Å². The van der Waals surface area contributed by atoms with Gasteiger partial charge in [0.25, 0.3) is 0 Å². The van der Waals surface area contributed by atoms with Gasteiger partial charge in [-0.15, -0.1) is 0 Å². The molecule has 2 unspecified atom stereocenters. The summed E-state index contributed by atoms with van der Waals surface area (Å²) in [6.07, 6.45) is 45.2. The summed E-state index contributed by atoms with van der Waals surface area (Å²) in [7, 11) is 1.38. The lowest BCUT2D eigenvalue weighted by Gasteiger charge is -2.24. The number of nitrogens with zero attached hydrogens (tertiary/aromatic N) is 1. The molecule has 11 heteroatoms. The quantitative estimate of drug-likeness (QED) is 0.0159. The first-order valence-electron chi connectivity index (χ1n) is 21.1. The van der Waals surface area contributed by atoms with Gasteiger partial charge in [0.1, 0.15) is 19.8 Å². The zero-order chi connectivity index (χ0) is 42.3. The van der Waals surface area contributed by atoms with E-state index in [0.717, 1.165) is 70.6 Å². The van der Waals surface area contributed by atoms with Gasteiger partial charge in [-0.25, -0.2) is 4.57 Å². The molecule has 0 aromatic carbocycles. The van der Waals surface area contributed by atoms with Crippen LogP contribution >= 0.6 is 7.82 Å². The molecule has 2 N–H and O–H groups in total. The first-order chi connectivity index (χ1) is 27.4. The minimum absolute atomic E-state index is 0.00443. The minimum Gasteiger partial charge on any atom is -0.462 e. The lowest BCUT2D eigenvalue weighted by atomic mass is 10.1. The normalized spacial score (nSPS) is 15.1. The van der Waals surface area contributed by atoms with Crippen LogP contribution in [-0.4, -0.2) is 86.1 Å². The molecule has 3 atom stereocenters. The number of likely N-dealkylation sites (N-methyl/N-ethyl adjacent to an activating group) is 1. The second kappa shape index (κ2) is 37.2. The first-order valence-corrected chi connectivity index (χ1v) is 22.6. The molecule has 0 amide bonds. The highest BCUT2D eigenvalue weighted by atomic mass is 31.2. The second-order valence-electron chi connectivity index (χ2n) is 14.8. The maximum atomic E-state index is 12.7. The number of hydrogen-bond acceptors (Lipinski definition) is 8. The van der Waals surface area contributed by atoms with Crippen molar-refractivity contribution in [2.24, 2.45) is 0 Å². The van der Waals surface area contributed by atoms with Gasteiger partial charge in [0.05, 0.1) is 33.9 Å². The molecular formula is C46H77NO9P+. The molecule has 0 saturated carbocycles. The van der Waals surface area contributed by atoms with Crippen LogP contribution in [-0.2, 0) is 32.7 Å². The summed E-state index contributed by atoms with van der Waals surface area (Å²) in [6, 6.07) is 0.